The zero-order valence-electron chi connectivity index (χ0n) is 18.0. The molecule has 0 N–H and O–H groups in total. The Bertz CT molecular complexity index is 1450. The summed E-state index contributed by atoms with van der Waals surface area (Å²) in [6, 6.07) is 14.3. The van der Waals surface area contributed by atoms with Crippen LogP contribution in [-0.4, -0.2) is 11.9 Å². The fraction of sp³-hybridized carbons (Fsp3) is 0.0769. The Morgan fingerprint density at radius 1 is 0.647 bits per heavy atom. The van der Waals surface area contributed by atoms with Crippen molar-refractivity contribution in [1.82, 2.24) is 0 Å². The van der Waals surface area contributed by atoms with E-state index in [2.05, 4.69) is 0 Å². The maximum Gasteiger partial charge on any atom is 0.345 e. The van der Waals surface area contributed by atoms with Gasteiger partial charge in [-0.15, -0.1) is 22.7 Å². The van der Waals surface area contributed by atoms with Crippen molar-refractivity contribution in [2.45, 2.75) is 13.8 Å². The molecule has 0 radical (unpaired) electrons. The Hall–Kier alpha value is -2.90. The lowest BCUT2D eigenvalue weighted by molar-refractivity contribution is 0.0726. The number of rotatable bonds is 4. The molecule has 5 aromatic rings. The molecule has 0 spiro atoms. The van der Waals surface area contributed by atoms with E-state index in [1.807, 2.05) is 38.1 Å². The van der Waals surface area contributed by atoms with Crippen LogP contribution in [0.3, 0.4) is 0 Å². The second-order valence-corrected chi connectivity index (χ2v) is 10.3. The molecule has 5 rings (SSSR count). The highest BCUT2D eigenvalue weighted by molar-refractivity contribution is 7.20. The first kappa shape index (κ1) is 22.9. The molecule has 4 nitrogen and oxygen atoms in total. The molecule has 0 aliphatic rings. The monoisotopic (exact) mass is 526 g/mol. The number of esters is 2. The fourth-order valence-corrected chi connectivity index (χ4v) is 6.35. The van der Waals surface area contributed by atoms with Crippen molar-refractivity contribution in [2.75, 3.05) is 0 Å². The van der Waals surface area contributed by atoms with E-state index in [0.717, 1.165) is 11.1 Å². The van der Waals surface area contributed by atoms with Crippen LogP contribution in [0.1, 0.15) is 31.8 Å². The number of thiophene rings is 2. The van der Waals surface area contributed by atoms with E-state index in [-0.39, 0.29) is 11.1 Å². The number of ether oxygens (including phenoxy) is 2. The van der Waals surface area contributed by atoms with E-state index in [4.69, 9.17) is 32.7 Å². The Morgan fingerprint density at radius 3 is 1.35 bits per heavy atom. The van der Waals surface area contributed by atoms with E-state index in [1.165, 1.54) is 22.7 Å². The molecule has 0 atom stereocenters. The number of hydrogen-bond acceptors (Lipinski definition) is 6. The zero-order valence-corrected chi connectivity index (χ0v) is 21.1. The van der Waals surface area contributed by atoms with Crippen molar-refractivity contribution in [2.24, 2.45) is 0 Å². The Morgan fingerprint density at radius 2 is 1.00 bits per heavy atom. The Labute approximate surface area is 213 Å². The lowest BCUT2D eigenvalue weighted by Crippen LogP contribution is -2.13. The third kappa shape index (κ3) is 4.07. The Kier molecular flexibility index (Phi) is 6.08. The number of carbonyl (C=O) groups is 2. The quantitative estimate of drug-likeness (QED) is 0.174. The van der Waals surface area contributed by atoms with Crippen LogP contribution in [-0.2, 0) is 0 Å². The number of carbonyl (C=O) groups excluding carboxylic acids is 2. The van der Waals surface area contributed by atoms with Gasteiger partial charge in [0.15, 0.2) is 0 Å². The third-order valence-electron chi connectivity index (χ3n) is 5.32. The number of halogens is 2. The summed E-state index contributed by atoms with van der Waals surface area (Å²) in [7, 11) is 0. The van der Waals surface area contributed by atoms with Gasteiger partial charge in [0.05, 0.1) is 30.6 Å². The molecule has 170 valence electrons. The van der Waals surface area contributed by atoms with E-state index < -0.39 is 11.9 Å². The minimum Gasteiger partial charge on any atom is -0.423 e. The molecular weight excluding hydrogens is 511 g/mol. The molecule has 0 fully saturated rings. The average molecular weight is 527 g/mol. The van der Waals surface area contributed by atoms with Gasteiger partial charge in [-0.1, -0.05) is 58.6 Å². The molecule has 34 heavy (non-hydrogen) atoms. The van der Waals surface area contributed by atoms with E-state index in [1.54, 1.807) is 35.0 Å². The van der Waals surface area contributed by atoms with Gasteiger partial charge >= 0.3 is 11.9 Å². The van der Waals surface area contributed by atoms with Gasteiger partial charge in [0, 0.05) is 21.5 Å². The first-order chi connectivity index (χ1) is 16.3. The van der Waals surface area contributed by atoms with Gasteiger partial charge in [0.1, 0.15) is 11.5 Å². The highest BCUT2D eigenvalue weighted by atomic mass is 35.5. The molecular formula is C26H16Cl2O4S2. The summed E-state index contributed by atoms with van der Waals surface area (Å²) in [5.41, 5.74) is 2.65. The summed E-state index contributed by atoms with van der Waals surface area (Å²) in [5, 5.41) is 4.99. The van der Waals surface area contributed by atoms with Crippen LogP contribution in [0.2, 0.25) is 10.0 Å². The van der Waals surface area contributed by atoms with Gasteiger partial charge in [-0.2, -0.15) is 0 Å². The number of benzene rings is 3. The van der Waals surface area contributed by atoms with Crippen LogP contribution < -0.4 is 9.47 Å². The van der Waals surface area contributed by atoms with Gasteiger partial charge in [-0.05, 0) is 38.1 Å². The van der Waals surface area contributed by atoms with Crippen molar-refractivity contribution in [1.29, 1.82) is 0 Å². The SMILES string of the molecule is Cc1ccc(OC(=O)c2c3scc(Cl)c3c(C(=O)Oc3ccc(C)cc3)c3scc(Cl)c23)cc1. The second-order valence-electron chi connectivity index (χ2n) is 7.73. The summed E-state index contributed by atoms with van der Waals surface area (Å²) >= 11 is 15.6. The van der Waals surface area contributed by atoms with Crippen LogP contribution in [0.4, 0.5) is 0 Å². The van der Waals surface area contributed by atoms with Crippen LogP contribution in [0.5, 0.6) is 11.5 Å². The standard InChI is InChI=1S/C26H16Cl2O4S2/c1-13-3-7-15(8-4-13)31-25(29)21-19-17(27)11-34-24(19)22(20-18(28)12-33-23(20)21)26(30)32-16-9-5-14(2)6-10-16/h3-12H,1-2H3. The van der Waals surface area contributed by atoms with Crippen molar-refractivity contribution >= 4 is 78.0 Å². The molecule has 0 saturated carbocycles. The lowest BCUT2D eigenvalue weighted by atomic mass is 10.0. The van der Waals surface area contributed by atoms with Crippen molar-refractivity contribution < 1.29 is 19.1 Å². The smallest absolute Gasteiger partial charge is 0.345 e. The summed E-state index contributed by atoms with van der Waals surface area (Å²) in [6.45, 7) is 3.90. The molecule has 3 aromatic carbocycles. The second kappa shape index (κ2) is 9.04. The predicted molar refractivity (Wildman–Crippen MR) is 140 cm³/mol. The van der Waals surface area contributed by atoms with Crippen LogP contribution in [0.25, 0.3) is 20.2 Å². The first-order valence-electron chi connectivity index (χ1n) is 10.2. The normalized spacial score (nSPS) is 11.2. The Balaban J connectivity index is 1.67. The minimum atomic E-state index is -0.573. The molecule has 0 aliphatic carbocycles. The molecule has 0 unspecified atom stereocenters. The summed E-state index contributed by atoms with van der Waals surface area (Å²) in [6.07, 6.45) is 0. The molecule has 0 saturated heterocycles. The fourth-order valence-electron chi connectivity index (χ4n) is 3.65. The summed E-state index contributed by atoms with van der Waals surface area (Å²) < 4.78 is 12.4. The van der Waals surface area contributed by atoms with Crippen molar-refractivity contribution in [3.63, 3.8) is 0 Å². The molecule has 2 aromatic heterocycles. The molecule has 2 heterocycles. The van der Waals surface area contributed by atoms with Crippen LogP contribution in [0, 0.1) is 13.8 Å². The molecule has 8 heteroatoms. The highest BCUT2D eigenvalue weighted by Gasteiger charge is 2.29. The molecule has 0 amide bonds. The topological polar surface area (TPSA) is 52.6 Å². The van der Waals surface area contributed by atoms with Crippen molar-refractivity contribution in [3.05, 3.63) is 91.6 Å². The zero-order chi connectivity index (χ0) is 24.0. The molecule has 0 aliphatic heterocycles. The van der Waals surface area contributed by atoms with Crippen LogP contribution in [0.15, 0.2) is 59.3 Å². The van der Waals surface area contributed by atoms with Gasteiger partial charge in [0.25, 0.3) is 0 Å². The lowest BCUT2D eigenvalue weighted by Gasteiger charge is -2.12. The van der Waals surface area contributed by atoms with E-state index >= 15 is 0 Å². The summed E-state index contributed by atoms with van der Waals surface area (Å²) in [5.74, 6) is -0.324. The minimum absolute atomic E-state index is 0.278. The van der Waals surface area contributed by atoms with E-state index in [9.17, 15) is 9.59 Å². The van der Waals surface area contributed by atoms with Gasteiger partial charge in [-0.25, -0.2) is 9.59 Å². The number of fused-ring (bicyclic) bond motifs is 2. The largest absolute Gasteiger partial charge is 0.423 e. The average Bonchev–Trinajstić information content (AvgIpc) is 3.38. The highest BCUT2D eigenvalue weighted by Crippen LogP contribution is 2.46. The third-order valence-corrected chi connectivity index (χ3v) is 8.17. The van der Waals surface area contributed by atoms with Gasteiger partial charge in [0.2, 0.25) is 0 Å². The van der Waals surface area contributed by atoms with Crippen LogP contribution >= 0.6 is 45.9 Å². The van der Waals surface area contributed by atoms with E-state index in [0.29, 0.717) is 41.7 Å². The maximum atomic E-state index is 13.4. The molecule has 0 bridgehead atoms. The number of hydrogen-bond donors (Lipinski definition) is 0. The first-order valence-corrected chi connectivity index (χ1v) is 12.7. The van der Waals surface area contributed by atoms with Gasteiger partial charge < -0.3 is 9.47 Å². The van der Waals surface area contributed by atoms with Crippen molar-refractivity contribution in [3.8, 4) is 11.5 Å². The number of aryl methyl sites for hydroxylation is 2. The summed E-state index contributed by atoms with van der Waals surface area (Å²) in [4.78, 5) is 26.7. The maximum absolute atomic E-state index is 13.4. The van der Waals surface area contributed by atoms with Gasteiger partial charge in [-0.3, -0.25) is 0 Å². The predicted octanol–water partition coefficient (Wildman–Crippen LogP) is 8.48.